The first-order chi connectivity index (χ1) is 15.0. The normalized spacial score (nSPS) is 17.8. The van der Waals surface area contributed by atoms with Crippen molar-refractivity contribution in [2.24, 2.45) is 4.99 Å². The third-order valence-corrected chi connectivity index (χ3v) is 7.49. The highest BCUT2D eigenvalue weighted by atomic mass is 32.2. The van der Waals surface area contributed by atoms with Gasteiger partial charge in [-0.1, -0.05) is 30.0 Å². The van der Waals surface area contributed by atoms with E-state index in [0.717, 1.165) is 32.3 Å². The fraction of sp³-hybridized carbons (Fsp3) is 0.250. The molecule has 3 nitrogen and oxygen atoms in total. The fourth-order valence-electron chi connectivity index (χ4n) is 3.96. The van der Waals surface area contributed by atoms with Crippen LogP contribution in [0.4, 0.5) is 14.5 Å². The van der Waals surface area contributed by atoms with E-state index in [9.17, 15) is 13.6 Å². The predicted molar refractivity (Wildman–Crippen MR) is 121 cm³/mol. The predicted octanol–water partition coefficient (Wildman–Crippen LogP) is 6.69. The van der Waals surface area contributed by atoms with Gasteiger partial charge in [-0.25, -0.2) is 13.8 Å². The van der Waals surface area contributed by atoms with E-state index in [1.807, 2.05) is 29.6 Å². The maximum atomic E-state index is 13.4. The Kier molecular flexibility index (Phi) is 5.40. The number of fused-ring (bicyclic) bond motifs is 2. The topological polar surface area (TPSA) is 41.5 Å². The van der Waals surface area contributed by atoms with Crippen LogP contribution < -0.4 is 5.32 Å². The summed E-state index contributed by atoms with van der Waals surface area (Å²) in [5.74, 6) is -2.85. The molecule has 158 valence electrons. The van der Waals surface area contributed by atoms with E-state index in [4.69, 9.17) is 4.99 Å². The first kappa shape index (κ1) is 20.4. The number of nitrogens with one attached hydrogen (secondary N) is 1. The van der Waals surface area contributed by atoms with Gasteiger partial charge in [-0.15, -0.1) is 0 Å². The number of benzene rings is 2. The molecule has 0 atom stereocenters. The summed E-state index contributed by atoms with van der Waals surface area (Å²) in [5, 5.41) is 7.02. The largest absolute Gasteiger partial charge is 0.349 e. The number of hydrogen-bond donors (Lipinski definition) is 1. The van der Waals surface area contributed by atoms with Crippen molar-refractivity contribution in [2.45, 2.75) is 47.4 Å². The van der Waals surface area contributed by atoms with Gasteiger partial charge in [0.2, 0.25) is 5.92 Å². The fourth-order valence-corrected chi connectivity index (χ4v) is 5.60. The molecule has 3 aromatic rings. The van der Waals surface area contributed by atoms with Crippen molar-refractivity contribution in [3.8, 4) is 0 Å². The third-order valence-electron chi connectivity index (χ3n) is 5.66. The Balaban J connectivity index is 1.45. The molecule has 0 saturated heterocycles. The van der Waals surface area contributed by atoms with E-state index < -0.39 is 5.92 Å². The molecule has 2 aromatic carbocycles. The Morgan fingerprint density at radius 2 is 1.87 bits per heavy atom. The minimum Gasteiger partial charge on any atom is -0.349 e. The molecule has 2 heterocycles. The van der Waals surface area contributed by atoms with Crippen LogP contribution in [0.15, 0.2) is 74.1 Å². The SMILES string of the molecule is O=C(NC1CCC(F)(F)CC1)c1ccc2c(c1)N=C(c1ccsc1)c1ccccc1S2. The average molecular weight is 455 g/mol. The summed E-state index contributed by atoms with van der Waals surface area (Å²) < 4.78 is 26.8. The molecule has 31 heavy (non-hydrogen) atoms. The molecule has 0 radical (unpaired) electrons. The van der Waals surface area contributed by atoms with Crippen molar-refractivity contribution in [3.05, 3.63) is 76.0 Å². The van der Waals surface area contributed by atoms with Gasteiger partial charge in [-0.2, -0.15) is 11.3 Å². The number of nitrogens with zero attached hydrogens (tertiary/aromatic N) is 1. The second-order valence-electron chi connectivity index (χ2n) is 7.86. The highest BCUT2D eigenvalue weighted by molar-refractivity contribution is 7.99. The summed E-state index contributed by atoms with van der Waals surface area (Å²) in [6, 6.07) is 15.5. The zero-order valence-corrected chi connectivity index (χ0v) is 18.2. The molecule has 7 heteroatoms. The molecule has 2 aliphatic rings. The van der Waals surface area contributed by atoms with Gasteiger partial charge in [0, 0.05) is 50.7 Å². The van der Waals surface area contributed by atoms with E-state index in [1.165, 1.54) is 0 Å². The average Bonchev–Trinajstić information content (AvgIpc) is 3.24. The van der Waals surface area contributed by atoms with Crippen LogP contribution in [-0.4, -0.2) is 23.6 Å². The van der Waals surface area contributed by atoms with Crippen LogP contribution in [0.3, 0.4) is 0 Å². The Morgan fingerprint density at radius 1 is 1.06 bits per heavy atom. The van der Waals surface area contributed by atoms with Crippen molar-refractivity contribution < 1.29 is 13.6 Å². The van der Waals surface area contributed by atoms with Gasteiger partial charge in [-0.05, 0) is 48.6 Å². The van der Waals surface area contributed by atoms with Crippen molar-refractivity contribution in [1.82, 2.24) is 5.32 Å². The van der Waals surface area contributed by atoms with Gasteiger partial charge in [0.15, 0.2) is 0 Å². The van der Waals surface area contributed by atoms with Crippen molar-refractivity contribution in [2.75, 3.05) is 0 Å². The molecule has 0 spiro atoms. The van der Waals surface area contributed by atoms with E-state index in [0.29, 0.717) is 18.4 Å². The Hall–Kier alpha value is -2.51. The van der Waals surface area contributed by atoms with Gasteiger partial charge >= 0.3 is 0 Å². The lowest BCUT2D eigenvalue weighted by Crippen LogP contribution is -2.40. The number of rotatable bonds is 3. The first-order valence-electron chi connectivity index (χ1n) is 10.2. The van der Waals surface area contributed by atoms with Crippen molar-refractivity contribution >= 4 is 40.4 Å². The van der Waals surface area contributed by atoms with Crippen LogP contribution in [0.25, 0.3) is 0 Å². The van der Waals surface area contributed by atoms with Gasteiger partial charge in [0.05, 0.1) is 11.4 Å². The number of alkyl halides is 2. The summed E-state index contributed by atoms with van der Waals surface area (Å²) in [6.45, 7) is 0. The molecule has 0 unspecified atom stereocenters. The number of hydrogen-bond acceptors (Lipinski definition) is 4. The molecule has 1 aliphatic carbocycles. The minimum absolute atomic E-state index is 0.175. The van der Waals surface area contributed by atoms with Crippen LogP contribution >= 0.6 is 23.1 Å². The summed E-state index contributed by atoms with van der Waals surface area (Å²) in [4.78, 5) is 19.9. The summed E-state index contributed by atoms with van der Waals surface area (Å²) in [5.41, 5.74) is 4.23. The molecular weight excluding hydrogens is 434 g/mol. The molecule has 1 amide bonds. The third kappa shape index (κ3) is 4.29. The number of halogens is 2. The highest BCUT2D eigenvalue weighted by Gasteiger charge is 2.35. The van der Waals surface area contributed by atoms with Crippen LogP contribution in [0.2, 0.25) is 0 Å². The van der Waals surface area contributed by atoms with Gasteiger partial charge < -0.3 is 5.32 Å². The minimum atomic E-state index is -2.61. The number of amides is 1. The Bertz CT molecular complexity index is 1150. The van der Waals surface area contributed by atoms with Crippen molar-refractivity contribution in [1.29, 1.82) is 0 Å². The zero-order chi connectivity index (χ0) is 21.4. The second kappa shape index (κ2) is 8.20. The maximum Gasteiger partial charge on any atom is 0.251 e. The van der Waals surface area contributed by atoms with Crippen LogP contribution in [-0.2, 0) is 0 Å². The number of aliphatic imine (C=N–C) groups is 1. The van der Waals surface area contributed by atoms with Crippen LogP contribution in [0.1, 0.15) is 47.2 Å². The lowest BCUT2D eigenvalue weighted by molar-refractivity contribution is -0.0399. The number of thiophene rings is 1. The van der Waals surface area contributed by atoms with E-state index in [-0.39, 0.29) is 24.8 Å². The van der Waals surface area contributed by atoms with Crippen molar-refractivity contribution in [3.63, 3.8) is 0 Å². The lowest BCUT2D eigenvalue weighted by Gasteiger charge is -2.28. The molecule has 1 aromatic heterocycles. The van der Waals surface area contributed by atoms with E-state index in [2.05, 4.69) is 22.8 Å². The molecule has 1 aliphatic heterocycles. The zero-order valence-electron chi connectivity index (χ0n) is 16.6. The smallest absolute Gasteiger partial charge is 0.251 e. The lowest BCUT2D eigenvalue weighted by atomic mass is 9.92. The standard InChI is InChI=1S/C24H20F2N2OS2/c25-24(26)10-7-17(8-11-24)27-23(29)15-5-6-21-19(13-15)28-22(16-9-12-30-14-16)18-3-1-2-4-20(18)31-21/h1-6,9,12-14,17H,7-8,10-11H2,(H,27,29). The number of carbonyl (C=O) groups is 1. The summed E-state index contributed by atoms with van der Waals surface area (Å²) in [7, 11) is 0. The summed E-state index contributed by atoms with van der Waals surface area (Å²) >= 11 is 3.25. The maximum absolute atomic E-state index is 13.4. The highest BCUT2D eigenvalue weighted by Crippen LogP contribution is 2.42. The molecule has 5 rings (SSSR count). The van der Waals surface area contributed by atoms with Gasteiger partial charge in [0.1, 0.15) is 0 Å². The molecule has 1 saturated carbocycles. The second-order valence-corrected chi connectivity index (χ2v) is 9.72. The van der Waals surface area contributed by atoms with E-state index in [1.54, 1.807) is 35.2 Å². The molecule has 0 bridgehead atoms. The molecule has 1 N–H and O–H groups in total. The van der Waals surface area contributed by atoms with Crippen LogP contribution in [0, 0.1) is 0 Å². The van der Waals surface area contributed by atoms with Gasteiger partial charge in [0.25, 0.3) is 5.91 Å². The monoisotopic (exact) mass is 454 g/mol. The van der Waals surface area contributed by atoms with Crippen LogP contribution in [0.5, 0.6) is 0 Å². The Morgan fingerprint density at radius 3 is 2.65 bits per heavy atom. The first-order valence-corrected chi connectivity index (χ1v) is 12.0. The Labute approximate surface area is 187 Å². The quantitative estimate of drug-likeness (QED) is 0.375. The number of carbonyl (C=O) groups excluding carboxylic acids is 1. The molecule has 1 fully saturated rings. The molecular formula is C24H20F2N2OS2. The van der Waals surface area contributed by atoms with Gasteiger partial charge in [-0.3, -0.25) is 4.79 Å². The van der Waals surface area contributed by atoms with E-state index >= 15 is 0 Å². The summed E-state index contributed by atoms with van der Waals surface area (Å²) in [6.07, 6.45) is 0.251.